The standard InChI is InChI=1S/C11H18ClN3S/c1-2-15-5-3-4-9(8-15)13-7-11-14-6-10(12)16-11/h6,9,13H,2-5,7-8H2,1H3. The zero-order valence-electron chi connectivity index (χ0n) is 9.58. The second kappa shape index (κ2) is 5.96. The van der Waals surface area contributed by atoms with Crippen LogP contribution in [0.1, 0.15) is 24.8 Å². The number of piperidine rings is 1. The highest BCUT2D eigenvalue weighted by Crippen LogP contribution is 2.18. The van der Waals surface area contributed by atoms with Crippen molar-refractivity contribution in [2.45, 2.75) is 32.4 Å². The second-order valence-corrected chi connectivity index (χ2v) is 5.92. The molecule has 90 valence electrons. The Morgan fingerprint density at radius 2 is 2.56 bits per heavy atom. The Hall–Kier alpha value is -0.160. The summed E-state index contributed by atoms with van der Waals surface area (Å²) in [5.41, 5.74) is 0. The van der Waals surface area contributed by atoms with Crippen LogP contribution in [0.2, 0.25) is 4.34 Å². The lowest BCUT2D eigenvalue weighted by molar-refractivity contribution is 0.198. The molecule has 0 spiro atoms. The lowest BCUT2D eigenvalue weighted by Crippen LogP contribution is -2.45. The predicted molar refractivity (Wildman–Crippen MR) is 69.1 cm³/mol. The normalized spacial score (nSPS) is 22.5. The molecule has 1 aromatic heterocycles. The Labute approximate surface area is 106 Å². The minimum absolute atomic E-state index is 0.608. The molecule has 1 unspecified atom stereocenters. The molecule has 3 nitrogen and oxygen atoms in total. The molecule has 0 aliphatic carbocycles. The fraction of sp³-hybridized carbons (Fsp3) is 0.727. The van der Waals surface area contributed by atoms with Crippen molar-refractivity contribution in [2.24, 2.45) is 0 Å². The number of likely N-dealkylation sites (tertiary alicyclic amines) is 1. The van der Waals surface area contributed by atoms with E-state index in [2.05, 4.69) is 22.1 Å². The molecule has 2 heterocycles. The monoisotopic (exact) mass is 259 g/mol. The van der Waals surface area contributed by atoms with E-state index in [-0.39, 0.29) is 0 Å². The van der Waals surface area contributed by atoms with E-state index >= 15 is 0 Å². The molecule has 1 aromatic rings. The third kappa shape index (κ3) is 3.42. The SMILES string of the molecule is CCN1CCCC(NCc2ncc(Cl)s2)C1. The number of hydrogen-bond acceptors (Lipinski definition) is 4. The summed E-state index contributed by atoms with van der Waals surface area (Å²) in [6.07, 6.45) is 4.29. The minimum atomic E-state index is 0.608. The molecule has 5 heteroatoms. The molecule has 0 saturated carbocycles. The van der Waals surface area contributed by atoms with Crippen molar-refractivity contribution in [2.75, 3.05) is 19.6 Å². The molecule has 1 aliphatic rings. The highest BCUT2D eigenvalue weighted by molar-refractivity contribution is 7.15. The van der Waals surface area contributed by atoms with Crippen LogP contribution in [-0.2, 0) is 6.54 Å². The van der Waals surface area contributed by atoms with Gasteiger partial charge in [-0.15, -0.1) is 11.3 Å². The van der Waals surface area contributed by atoms with Gasteiger partial charge in [-0.05, 0) is 25.9 Å². The molecule has 0 radical (unpaired) electrons. The first-order valence-electron chi connectivity index (χ1n) is 5.84. The Morgan fingerprint density at radius 1 is 1.69 bits per heavy atom. The highest BCUT2D eigenvalue weighted by Gasteiger charge is 2.18. The number of aromatic nitrogens is 1. The summed E-state index contributed by atoms with van der Waals surface area (Å²) >= 11 is 7.41. The number of hydrogen-bond donors (Lipinski definition) is 1. The van der Waals surface area contributed by atoms with Crippen LogP contribution in [0.15, 0.2) is 6.20 Å². The van der Waals surface area contributed by atoms with Crippen LogP contribution < -0.4 is 5.32 Å². The predicted octanol–water partition coefficient (Wildman–Crippen LogP) is 2.37. The molecule has 0 amide bonds. The van der Waals surface area contributed by atoms with Crippen molar-refractivity contribution in [3.63, 3.8) is 0 Å². The van der Waals surface area contributed by atoms with Gasteiger partial charge in [0.05, 0.1) is 6.20 Å². The molecular formula is C11H18ClN3S. The quantitative estimate of drug-likeness (QED) is 0.900. The minimum Gasteiger partial charge on any atom is -0.306 e. The maximum Gasteiger partial charge on any atom is 0.113 e. The molecule has 1 N–H and O–H groups in total. The average molecular weight is 260 g/mol. The lowest BCUT2D eigenvalue weighted by Gasteiger charge is -2.32. The van der Waals surface area contributed by atoms with E-state index < -0.39 is 0 Å². The summed E-state index contributed by atoms with van der Waals surface area (Å²) in [5.74, 6) is 0. The fourth-order valence-electron chi connectivity index (χ4n) is 2.11. The number of likely N-dealkylation sites (N-methyl/N-ethyl adjacent to an activating group) is 1. The van der Waals surface area contributed by atoms with Gasteiger partial charge in [0.1, 0.15) is 9.34 Å². The van der Waals surface area contributed by atoms with Crippen LogP contribution in [0.4, 0.5) is 0 Å². The zero-order valence-corrected chi connectivity index (χ0v) is 11.2. The zero-order chi connectivity index (χ0) is 11.4. The third-order valence-electron chi connectivity index (χ3n) is 3.02. The first-order valence-corrected chi connectivity index (χ1v) is 7.03. The van der Waals surface area contributed by atoms with Gasteiger partial charge >= 0.3 is 0 Å². The van der Waals surface area contributed by atoms with Crippen molar-refractivity contribution in [1.29, 1.82) is 0 Å². The maximum absolute atomic E-state index is 5.85. The maximum atomic E-state index is 5.85. The summed E-state index contributed by atoms with van der Waals surface area (Å²) in [6.45, 7) is 6.64. The summed E-state index contributed by atoms with van der Waals surface area (Å²) in [6, 6.07) is 0.608. The molecule has 0 aromatic carbocycles. The molecule has 1 fully saturated rings. The van der Waals surface area contributed by atoms with E-state index in [4.69, 9.17) is 11.6 Å². The number of nitrogens with zero attached hydrogens (tertiary/aromatic N) is 2. The van der Waals surface area contributed by atoms with Gasteiger partial charge in [-0.3, -0.25) is 0 Å². The Morgan fingerprint density at radius 3 is 3.25 bits per heavy atom. The van der Waals surface area contributed by atoms with E-state index in [9.17, 15) is 0 Å². The molecule has 2 rings (SSSR count). The summed E-state index contributed by atoms with van der Waals surface area (Å²) in [5, 5.41) is 4.65. The topological polar surface area (TPSA) is 28.2 Å². The summed E-state index contributed by atoms with van der Waals surface area (Å²) in [4.78, 5) is 6.75. The summed E-state index contributed by atoms with van der Waals surface area (Å²) in [7, 11) is 0. The van der Waals surface area contributed by atoms with Crippen molar-refractivity contribution in [3.05, 3.63) is 15.5 Å². The molecule has 1 atom stereocenters. The van der Waals surface area contributed by atoms with E-state index in [1.807, 2.05) is 0 Å². The van der Waals surface area contributed by atoms with Crippen LogP contribution in [0.3, 0.4) is 0 Å². The van der Waals surface area contributed by atoms with Crippen LogP contribution in [-0.4, -0.2) is 35.6 Å². The van der Waals surface area contributed by atoms with E-state index in [1.165, 1.54) is 19.4 Å². The van der Waals surface area contributed by atoms with E-state index in [0.29, 0.717) is 6.04 Å². The average Bonchev–Trinajstić information content (AvgIpc) is 2.73. The first kappa shape index (κ1) is 12.3. The molecule has 1 aliphatic heterocycles. The van der Waals surface area contributed by atoms with Gasteiger partial charge in [-0.2, -0.15) is 0 Å². The van der Waals surface area contributed by atoms with Gasteiger partial charge in [0, 0.05) is 19.1 Å². The number of nitrogens with one attached hydrogen (secondary N) is 1. The number of thiazole rings is 1. The van der Waals surface area contributed by atoms with Gasteiger partial charge < -0.3 is 10.2 Å². The van der Waals surface area contributed by atoms with E-state index in [1.54, 1.807) is 17.5 Å². The van der Waals surface area contributed by atoms with Crippen LogP contribution in [0, 0.1) is 0 Å². The van der Waals surface area contributed by atoms with Crippen LogP contribution in [0.25, 0.3) is 0 Å². The fourth-order valence-corrected chi connectivity index (χ4v) is 3.02. The highest BCUT2D eigenvalue weighted by atomic mass is 35.5. The van der Waals surface area contributed by atoms with Gasteiger partial charge in [-0.1, -0.05) is 18.5 Å². The van der Waals surface area contributed by atoms with Gasteiger partial charge in [-0.25, -0.2) is 4.98 Å². The van der Waals surface area contributed by atoms with Crippen molar-refractivity contribution in [1.82, 2.24) is 15.2 Å². The Kier molecular flexibility index (Phi) is 4.58. The Balaban J connectivity index is 1.77. The molecule has 1 saturated heterocycles. The van der Waals surface area contributed by atoms with Gasteiger partial charge in [0.25, 0.3) is 0 Å². The first-order chi connectivity index (χ1) is 7.78. The second-order valence-electron chi connectivity index (χ2n) is 4.17. The van der Waals surface area contributed by atoms with Crippen LogP contribution >= 0.6 is 22.9 Å². The van der Waals surface area contributed by atoms with Gasteiger partial charge in [0.2, 0.25) is 0 Å². The number of halogens is 1. The summed E-state index contributed by atoms with van der Waals surface area (Å²) < 4.78 is 0.774. The lowest BCUT2D eigenvalue weighted by atomic mass is 10.1. The van der Waals surface area contributed by atoms with Crippen molar-refractivity contribution >= 4 is 22.9 Å². The number of rotatable bonds is 4. The van der Waals surface area contributed by atoms with Gasteiger partial charge in [0.15, 0.2) is 0 Å². The Bertz CT molecular complexity index is 329. The smallest absolute Gasteiger partial charge is 0.113 e. The third-order valence-corrected chi connectivity index (χ3v) is 4.13. The molecule has 16 heavy (non-hydrogen) atoms. The van der Waals surface area contributed by atoms with E-state index in [0.717, 1.165) is 29.0 Å². The van der Waals surface area contributed by atoms with Crippen LogP contribution in [0.5, 0.6) is 0 Å². The largest absolute Gasteiger partial charge is 0.306 e. The molecular weight excluding hydrogens is 242 g/mol. The van der Waals surface area contributed by atoms with Crippen molar-refractivity contribution < 1.29 is 0 Å². The van der Waals surface area contributed by atoms with Crippen molar-refractivity contribution in [3.8, 4) is 0 Å². The molecule has 0 bridgehead atoms.